The highest BCUT2D eigenvalue weighted by Gasteiger charge is 2.27. The summed E-state index contributed by atoms with van der Waals surface area (Å²) in [6.45, 7) is 4.11. The fourth-order valence-corrected chi connectivity index (χ4v) is 4.21. The van der Waals surface area contributed by atoms with Crippen molar-refractivity contribution in [2.24, 2.45) is 0 Å². The van der Waals surface area contributed by atoms with E-state index >= 15 is 0 Å². The molecule has 0 spiro atoms. The zero-order chi connectivity index (χ0) is 14.1. The van der Waals surface area contributed by atoms with Gasteiger partial charge in [-0.25, -0.2) is 8.42 Å². The highest BCUT2D eigenvalue weighted by molar-refractivity contribution is 7.89. The van der Waals surface area contributed by atoms with E-state index in [1.54, 1.807) is 13.8 Å². The van der Waals surface area contributed by atoms with Crippen LogP contribution in [0, 0.1) is 0 Å². The lowest BCUT2D eigenvalue weighted by atomic mass is 10.3. The first-order chi connectivity index (χ1) is 8.27. The van der Waals surface area contributed by atoms with E-state index in [4.69, 9.17) is 46.4 Å². The van der Waals surface area contributed by atoms with E-state index < -0.39 is 10.0 Å². The molecule has 0 unspecified atom stereocenters. The fourth-order valence-electron chi connectivity index (χ4n) is 1.44. The van der Waals surface area contributed by atoms with Crippen molar-refractivity contribution in [3.63, 3.8) is 0 Å². The second-order valence-corrected chi connectivity index (χ2v) is 6.84. The molecule has 0 aromatic heterocycles. The summed E-state index contributed by atoms with van der Waals surface area (Å²) in [6, 6.07) is 1.21. The summed E-state index contributed by atoms with van der Waals surface area (Å²) in [5.41, 5.74) is 0. The van der Waals surface area contributed by atoms with Gasteiger partial charge < -0.3 is 0 Å². The maximum atomic E-state index is 12.3. The molecule has 0 saturated carbocycles. The lowest BCUT2D eigenvalue weighted by Gasteiger charge is -2.20. The zero-order valence-corrected chi connectivity index (χ0v) is 13.5. The Morgan fingerprint density at radius 1 is 1.00 bits per heavy atom. The van der Waals surface area contributed by atoms with E-state index in [9.17, 15) is 8.42 Å². The molecule has 0 atom stereocenters. The molecule has 0 aliphatic carbocycles. The van der Waals surface area contributed by atoms with E-state index in [0.717, 1.165) is 0 Å². The molecule has 18 heavy (non-hydrogen) atoms. The van der Waals surface area contributed by atoms with E-state index in [1.165, 1.54) is 10.4 Å². The Morgan fingerprint density at radius 2 is 1.50 bits per heavy atom. The van der Waals surface area contributed by atoms with Crippen LogP contribution in [-0.2, 0) is 10.0 Å². The Bertz CT molecular complexity index is 555. The van der Waals surface area contributed by atoms with Crippen LogP contribution in [0.15, 0.2) is 11.0 Å². The monoisotopic (exact) mass is 349 g/mol. The second kappa shape index (κ2) is 6.16. The van der Waals surface area contributed by atoms with Crippen LogP contribution in [0.3, 0.4) is 0 Å². The van der Waals surface area contributed by atoms with Crippen LogP contribution >= 0.6 is 46.4 Å². The molecule has 0 aliphatic heterocycles. The first kappa shape index (κ1) is 16.3. The highest BCUT2D eigenvalue weighted by Crippen LogP contribution is 2.40. The molecule has 0 amide bonds. The normalized spacial score (nSPS) is 12.2. The Kier molecular flexibility index (Phi) is 5.59. The minimum absolute atomic E-state index is 0.0434. The van der Waals surface area contributed by atoms with E-state index in [-0.39, 0.29) is 25.0 Å². The van der Waals surface area contributed by atoms with Crippen molar-refractivity contribution in [1.29, 1.82) is 0 Å². The second-order valence-electron chi connectivity index (χ2n) is 3.39. The van der Waals surface area contributed by atoms with Gasteiger partial charge in [-0.15, -0.1) is 0 Å². The van der Waals surface area contributed by atoms with Crippen molar-refractivity contribution < 1.29 is 8.42 Å². The van der Waals surface area contributed by atoms with Gasteiger partial charge in [-0.2, -0.15) is 4.31 Å². The third-order valence-corrected chi connectivity index (χ3v) is 6.33. The molecule has 1 aromatic rings. The molecule has 1 aromatic carbocycles. The molecule has 0 bridgehead atoms. The molecular weight excluding hydrogens is 340 g/mol. The summed E-state index contributed by atoms with van der Waals surface area (Å²) < 4.78 is 25.9. The molecule has 0 radical (unpaired) electrons. The zero-order valence-electron chi connectivity index (χ0n) is 9.68. The first-order valence-corrected chi connectivity index (χ1v) is 8.05. The van der Waals surface area contributed by atoms with Gasteiger partial charge in [0.15, 0.2) is 0 Å². The smallest absolute Gasteiger partial charge is 0.207 e. The predicted molar refractivity (Wildman–Crippen MR) is 76.6 cm³/mol. The minimum Gasteiger partial charge on any atom is -0.207 e. The van der Waals surface area contributed by atoms with Crippen LogP contribution in [-0.4, -0.2) is 25.8 Å². The van der Waals surface area contributed by atoms with Crippen LogP contribution < -0.4 is 0 Å². The third kappa shape index (κ3) is 2.89. The number of rotatable bonds is 4. The lowest BCUT2D eigenvalue weighted by molar-refractivity contribution is 0.445. The summed E-state index contributed by atoms with van der Waals surface area (Å²) in [5.74, 6) is 0. The van der Waals surface area contributed by atoms with Crippen molar-refractivity contribution in [1.82, 2.24) is 4.31 Å². The molecule has 0 saturated heterocycles. The molecule has 8 heteroatoms. The van der Waals surface area contributed by atoms with E-state index in [0.29, 0.717) is 13.1 Å². The Hall–Kier alpha value is 0.290. The fraction of sp³-hybridized carbons (Fsp3) is 0.400. The number of hydrogen-bond donors (Lipinski definition) is 0. The summed E-state index contributed by atoms with van der Waals surface area (Å²) in [7, 11) is -3.72. The number of nitrogens with zero attached hydrogens (tertiary/aromatic N) is 1. The Balaban J connectivity index is 3.52. The Morgan fingerprint density at radius 3 is 1.94 bits per heavy atom. The number of hydrogen-bond acceptors (Lipinski definition) is 2. The lowest BCUT2D eigenvalue weighted by Crippen LogP contribution is -2.30. The topological polar surface area (TPSA) is 37.4 Å². The van der Waals surface area contributed by atoms with Crippen LogP contribution in [0.2, 0.25) is 20.1 Å². The van der Waals surface area contributed by atoms with Gasteiger partial charge in [0, 0.05) is 13.1 Å². The van der Waals surface area contributed by atoms with Crippen molar-refractivity contribution >= 4 is 56.4 Å². The molecular formula is C10H11Cl4NO2S. The van der Waals surface area contributed by atoms with E-state index in [2.05, 4.69) is 0 Å². The minimum atomic E-state index is -3.72. The summed E-state index contributed by atoms with van der Waals surface area (Å²) >= 11 is 23.4. The van der Waals surface area contributed by atoms with Gasteiger partial charge in [-0.05, 0) is 6.07 Å². The van der Waals surface area contributed by atoms with Crippen molar-refractivity contribution in [2.45, 2.75) is 18.7 Å². The van der Waals surface area contributed by atoms with Gasteiger partial charge >= 0.3 is 0 Å². The van der Waals surface area contributed by atoms with Crippen LogP contribution in [0.4, 0.5) is 0 Å². The largest absolute Gasteiger partial charge is 0.244 e. The SMILES string of the molecule is CCN(CC)S(=O)(=O)c1cc(Cl)c(Cl)c(Cl)c1Cl. The molecule has 0 heterocycles. The molecule has 0 N–H and O–H groups in total. The van der Waals surface area contributed by atoms with Gasteiger partial charge in [0.05, 0.1) is 20.1 Å². The van der Waals surface area contributed by atoms with Crippen LogP contribution in [0.1, 0.15) is 13.8 Å². The summed E-state index contributed by atoms with van der Waals surface area (Å²) in [5, 5.41) is -0.0758. The van der Waals surface area contributed by atoms with Crippen LogP contribution in [0.25, 0.3) is 0 Å². The van der Waals surface area contributed by atoms with Gasteiger partial charge in [0.25, 0.3) is 0 Å². The quantitative estimate of drug-likeness (QED) is 0.598. The average molecular weight is 351 g/mol. The third-order valence-electron chi connectivity index (χ3n) is 2.39. The maximum absolute atomic E-state index is 12.3. The number of halogens is 4. The molecule has 102 valence electrons. The number of benzene rings is 1. The average Bonchev–Trinajstić information content (AvgIpc) is 2.32. The number of sulfonamides is 1. The first-order valence-electron chi connectivity index (χ1n) is 5.10. The van der Waals surface area contributed by atoms with Crippen molar-refractivity contribution in [2.75, 3.05) is 13.1 Å². The van der Waals surface area contributed by atoms with Gasteiger partial charge in [0.2, 0.25) is 10.0 Å². The van der Waals surface area contributed by atoms with Gasteiger partial charge in [0.1, 0.15) is 4.90 Å². The van der Waals surface area contributed by atoms with Crippen molar-refractivity contribution in [3.8, 4) is 0 Å². The summed E-state index contributed by atoms with van der Waals surface area (Å²) in [4.78, 5) is -0.132. The predicted octanol–water partition coefficient (Wildman–Crippen LogP) is 4.33. The summed E-state index contributed by atoms with van der Waals surface area (Å²) in [6.07, 6.45) is 0. The van der Waals surface area contributed by atoms with Crippen LogP contribution in [0.5, 0.6) is 0 Å². The highest BCUT2D eigenvalue weighted by atomic mass is 35.5. The molecule has 3 nitrogen and oxygen atoms in total. The maximum Gasteiger partial charge on any atom is 0.244 e. The molecule has 0 aliphatic rings. The van der Waals surface area contributed by atoms with E-state index in [1.807, 2.05) is 0 Å². The standard InChI is InChI=1S/C10H11Cl4NO2S/c1-3-15(4-2)18(16,17)7-5-6(11)8(12)10(14)9(7)13/h5H,3-4H2,1-2H3. The van der Waals surface area contributed by atoms with Gasteiger partial charge in [-0.3, -0.25) is 0 Å². The molecule has 0 fully saturated rings. The van der Waals surface area contributed by atoms with Crippen molar-refractivity contribution in [3.05, 3.63) is 26.2 Å². The molecule has 1 rings (SSSR count). The Labute approximate surface area is 127 Å². The van der Waals surface area contributed by atoms with Gasteiger partial charge in [-0.1, -0.05) is 60.3 Å².